The fraction of sp³-hybridized carbons (Fsp3) is 0.174. The summed E-state index contributed by atoms with van der Waals surface area (Å²) in [5.41, 5.74) is 2.35. The van der Waals surface area contributed by atoms with E-state index in [0.29, 0.717) is 18.1 Å². The lowest BCUT2D eigenvalue weighted by atomic mass is 10.1. The molecule has 0 atom stereocenters. The zero-order valence-electron chi connectivity index (χ0n) is 16.1. The van der Waals surface area contributed by atoms with Crippen molar-refractivity contribution in [3.8, 4) is 5.75 Å². The average molecular weight is 387 g/mol. The predicted molar refractivity (Wildman–Crippen MR) is 111 cm³/mol. The van der Waals surface area contributed by atoms with Crippen LogP contribution in [-0.4, -0.2) is 22.7 Å². The van der Waals surface area contributed by atoms with Crippen LogP contribution in [0.3, 0.4) is 0 Å². The van der Waals surface area contributed by atoms with Gasteiger partial charge in [-0.1, -0.05) is 66.6 Å². The van der Waals surface area contributed by atoms with Crippen molar-refractivity contribution in [3.05, 3.63) is 83.7 Å². The maximum atomic E-state index is 12.1. The Kier molecular flexibility index (Phi) is 5.52. The van der Waals surface area contributed by atoms with Crippen molar-refractivity contribution in [1.82, 2.24) is 10.2 Å². The van der Waals surface area contributed by atoms with Crippen LogP contribution < -0.4 is 10.1 Å². The number of ether oxygens (including phenoxy) is 1. The number of carbonyl (C=O) groups is 1. The van der Waals surface area contributed by atoms with E-state index in [-0.39, 0.29) is 18.5 Å². The Morgan fingerprint density at radius 3 is 2.52 bits per heavy atom. The summed E-state index contributed by atoms with van der Waals surface area (Å²) in [4.78, 5) is 12.1. The van der Waals surface area contributed by atoms with E-state index in [4.69, 9.17) is 9.15 Å². The van der Waals surface area contributed by atoms with Crippen molar-refractivity contribution in [2.24, 2.45) is 0 Å². The first-order chi connectivity index (χ1) is 14.2. The van der Waals surface area contributed by atoms with Crippen molar-refractivity contribution < 1.29 is 13.9 Å². The van der Waals surface area contributed by atoms with Crippen molar-refractivity contribution in [3.63, 3.8) is 0 Å². The predicted octanol–water partition coefficient (Wildman–Crippen LogP) is 4.39. The smallest absolute Gasteiger partial charge is 0.322 e. The molecule has 1 amide bonds. The monoisotopic (exact) mass is 387 g/mol. The maximum Gasteiger partial charge on any atom is 0.322 e. The number of aryl methyl sites for hydroxylation is 1. The second-order valence-electron chi connectivity index (χ2n) is 6.69. The Balaban J connectivity index is 1.31. The molecular formula is C23H21N3O3. The number of hydrogen-bond donors (Lipinski definition) is 1. The quantitative estimate of drug-likeness (QED) is 0.509. The molecule has 0 unspecified atom stereocenters. The molecule has 0 aliphatic carbocycles. The molecule has 1 N–H and O–H groups in total. The van der Waals surface area contributed by atoms with E-state index in [1.54, 1.807) is 0 Å². The Hall–Kier alpha value is -3.67. The van der Waals surface area contributed by atoms with Crippen LogP contribution in [0.25, 0.3) is 10.8 Å². The lowest BCUT2D eigenvalue weighted by molar-refractivity contribution is -0.118. The summed E-state index contributed by atoms with van der Waals surface area (Å²) in [6.07, 6.45) is 1.51. The zero-order chi connectivity index (χ0) is 20.1. The zero-order valence-corrected chi connectivity index (χ0v) is 16.1. The van der Waals surface area contributed by atoms with Crippen LogP contribution in [0.2, 0.25) is 0 Å². The Morgan fingerprint density at radius 1 is 0.966 bits per heavy atom. The fourth-order valence-corrected chi connectivity index (χ4v) is 3.00. The van der Waals surface area contributed by atoms with E-state index >= 15 is 0 Å². The lowest BCUT2D eigenvalue weighted by Crippen LogP contribution is -2.20. The molecule has 4 aromatic rings. The van der Waals surface area contributed by atoms with Crippen molar-refractivity contribution in [2.45, 2.75) is 19.8 Å². The molecule has 1 aromatic heterocycles. The summed E-state index contributed by atoms with van der Waals surface area (Å²) >= 11 is 0. The molecule has 3 aromatic carbocycles. The molecule has 0 bridgehead atoms. The molecular weight excluding hydrogens is 366 g/mol. The number of carbonyl (C=O) groups excluding carboxylic acids is 1. The van der Waals surface area contributed by atoms with E-state index in [1.165, 1.54) is 5.56 Å². The van der Waals surface area contributed by atoms with Gasteiger partial charge in [0.15, 0.2) is 6.61 Å². The Labute approximate surface area is 168 Å². The van der Waals surface area contributed by atoms with Gasteiger partial charge in [-0.15, -0.1) is 5.10 Å². The van der Waals surface area contributed by atoms with Crippen molar-refractivity contribution in [1.29, 1.82) is 0 Å². The highest BCUT2D eigenvalue weighted by Crippen LogP contribution is 2.20. The highest BCUT2D eigenvalue weighted by atomic mass is 16.5. The van der Waals surface area contributed by atoms with Gasteiger partial charge in [0.25, 0.3) is 5.91 Å². The third-order valence-electron chi connectivity index (χ3n) is 4.59. The van der Waals surface area contributed by atoms with E-state index < -0.39 is 0 Å². The number of fused-ring (bicyclic) bond motifs is 1. The van der Waals surface area contributed by atoms with Crippen LogP contribution in [0.4, 0.5) is 6.01 Å². The van der Waals surface area contributed by atoms with E-state index in [9.17, 15) is 4.79 Å². The fourth-order valence-electron chi connectivity index (χ4n) is 3.00. The number of hydrogen-bond acceptors (Lipinski definition) is 5. The number of amides is 1. The molecule has 0 aliphatic heterocycles. The minimum atomic E-state index is -0.361. The summed E-state index contributed by atoms with van der Waals surface area (Å²) in [5.74, 6) is 0.709. The van der Waals surface area contributed by atoms with Crippen LogP contribution in [-0.2, 0) is 17.6 Å². The van der Waals surface area contributed by atoms with Gasteiger partial charge in [-0.3, -0.25) is 10.1 Å². The first-order valence-electron chi connectivity index (χ1n) is 9.51. The van der Waals surface area contributed by atoms with Gasteiger partial charge in [-0.2, -0.15) is 0 Å². The van der Waals surface area contributed by atoms with E-state index in [1.807, 2.05) is 54.6 Å². The molecule has 4 rings (SSSR count). The molecule has 1 heterocycles. The number of benzene rings is 3. The second kappa shape index (κ2) is 8.56. The van der Waals surface area contributed by atoms with Gasteiger partial charge in [-0.05, 0) is 40.5 Å². The average Bonchev–Trinajstić information content (AvgIpc) is 3.19. The molecule has 0 fully saturated rings. The number of aromatic nitrogens is 2. The molecule has 6 nitrogen and oxygen atoms in total. The Bertz CT molecular complexity index is 1120. The van der Waals surface area contributed by atoms with Crippen molar-refractivity contribution >= 4 is 22.7 Å². The van der Waals surface area contributed by atoms with Crippen LogP contribution in [0.5, 0.6) is 5.75 Å². The highest BCUT2D eigenvalue weighted by Gasteiger charge is 2.11. The number of nitrogens with zero attached hydrogens (tertiary/aromatic N) is 2. The van der Waals surface area contributed by atoms with Gasteiger partial charge < -0.3 is 9.15 Å². The first-order valence-corrected chi connectivity index (χ1v) is 9.51. The third kappa shape index (κ3) is 4.79. The first kappa shape index (κ1) is 18.7. The van der Waals surface area contributed by atoms with Crippen LogP contribution in [0, 0.1) is 0 Å². The van der Waals surface area contributed by atoms with Crippen LogP contribution in [0.1, 0.15) is 23.9 Å². The number of rotatable bonds is 7. The van der Waals surface area contributed by atoms with Crippen molar-refractivity contribution in [2.75, 3.05) is 11.9 Å². The van der Waals surface area contributed by atoms with Crippen LogP contribution in [0.15, 0.2) is 71.1 Å². The maximum absolute atomic E-state index is 12.1. The van der Waals surface area contributed by atoms with Crippen LogP contribution >= 0.6 is 0 Å². The molecule has 0 saturated carbocycles. The van der Waals surface area contributed by atoms with Gasteiger partial charge in [0.1, 0.15) is 5.75 Å². The lowest BCUT2D eigenvalue weighted by Gasteiger charge is -2.06. The summed E-state index contributed by atoms with van der Waals surface area (Å²) in [7, 11) is 0. The number of anilines is 1. The third-order valence-corrected chi connectivity index (χ3v) is 4.59. The molecule has 146 valence electrons. The summed E-state index contributed by atoms with van der Waals surface area (Å²) in [6, 6.07) is 22.0. The minimum absolute atomic E-state index is 0.0669. The summed E-state index contributed by atoms with van der Waals surface area (Å²) in [5, 5.41) is 12.6. The highest BCUT2D eigenvalue weighted by molar-refractivity contribution is 5.90. The normalized spacial score (nSPS) is 10.8. The number of nitrogens with one attached hydrogen (secondary N) is 1. The summed E-state index contributed by atoms with van der Waals surface area (Å²) < 4.78 is 11.1. The standard InChI is InChI=1S/C23H21N3O3/c1-2-16-7-9-17(10-8-16)13-22-25-26-23(29-22)24-21(27)15-28-20-12-11-18-5-3-4-6-19(18)14-20/h3-12,14H,2,13,15H2,1H3,(H,24,26,27). The van der Waals surface area contributed by atoms with Gasteiger partial charge >= 0.3 is 6.01 Å². The topological polar surface area (TPSA) is 77.2 Å². The SMILES string of the molecule is CCc1ccc(Cc2nnc(NC(=O)COc3ccc4ccccc4c3)o2)cc1. The van der Waals surface area contributed by atoms with E-state index in [0.717, 1.165) is 22.8 Å². The largest absolute Gasteiger partial charge is 0.484 e. The van der Waals surface area contributed by atoms with Gasteiger partial charge in [0.2, 0.25) is 5.89 Å². The summed E-state index contributed by atoms with van der Waals surface area (Å²) in [6.45, 7) is 1.97. The molecule has 6 heteroatoms. The van der Waals surface area contributed by atoms with Gasteiger partial charge in [-0.25, -0.2) is 0 Å². The van der Waals surface area contributed by atoms with Gasteiger partial charge in [0.05, 0.1) is 6.42 Å². The Morgan fingerprint density at radius 2 is 1.72 bits per heavy atom. The molecule has 0 aliphatic rings. The van der Waals surface area contributed by atoms with Gasteiger partial charge in [0, 0.05) is 0 Å². The molecule has 0 radical (unpaired) electrons. The molecule has 0 saturated heterocycles. The minimum Gasteiger partial charge on any atom is -0.484 e. The molecule has 29 heavy (non-hydrogen) atoms. The van der Waals surface area contributed by atoms with E-state index in [2.05, 4.69) is 34.6 Å². The second-order valence-corrected chi connectivity index (χ2v) is 6.69. The molecule has 0 spiro atoms.